The summed E-state index contributed by atoms with van der Waals surface area (Å²) in [5, 5.41) is 9.70. The molecule has 0 saturated heterocycles. The van der Waals surface area contributed by atoms with Crippen molar-refractivity contribution in [3.05, 3.63) is 0 Å². The van der Waals surface area contributed by atoms with Crippen LogP contribution in [0.3, 0.4) is 0 Å². The van der Waals surface area contributed by atoms with E-state index in [1.165, 1.54) is 0 Å². The minimum absolute atomic E-state index is 0.0161. The van der Waals surface area contributed by atoms with Crippen molar-refractivity contribution in [3.63, 3.8) is 0 Å². The summed E-state index contributed by atoms with van der Waals surface area (Å²) in [6.45, 7) is 9.95. The van der Waals surface area contributed by atoms with E-state index in [1.807, 2.05) is 27.7 Å². The molecule has 0 radical (unpaired) electrons. The van der Waals surface area contributed by atoms with Crippen LogP contribution in [0.5, 0.6) is 0 Å². The zero-order valence-electron chi connectivity index (χ0n) is 8.86. The Morgan fingerprint density at radius 1 is 1.08 bits per heavy atom. The van der Waals surface area contributed by atoms with Crippen LogP contribution in [0.4, 0.5) is 0 Å². The van der Waals surface area contributed by atoms with Gasteiger partial charge in [0.05, 0.1) is 0 Å². The third-order valence-electron chi connectivity index (χ3n) is 1.44. The van der Waals surface area contributed by atoms with Gasteiger partial charge in [0.2, 0.25) is 0 Å². The molecule has 1 nitrogen and oxygen atoms in total. The Hall–Kier alpha value is -0.480. The van der Waals surface area contributed by atoms with Gasteiger partial charge in [0.25, 0.3) is 0 Å². The third-order valence-corrected chi connectivity index (χ3v) is 1.44. The van der Waals surface area contributed by atoms with Crippen molar-refractivity contribution in [2.45, 2.75) is 53.1 Å². The molecule has 70 valence electrons. The second kappa shape index (κ2) is 3.96. The SMILES string of the molecule is CCCC(C)(O)C#CC(C)(C)C. The molecule has 12 heavy (non-hydrogen) atoms. The summed E-state index contributed by atoms with van der Waals surface area (Å²) in [5.74, 6) is 5.95. The Labute approximate surface area is 76.2 Å². The van der Waals surface area contributed by atoms with E-state index in [2.05, 4.69) is 11.8 Å². The highest BCUT2D eigenvalue weighted by molar-refractivity contribution is 5.16. The Morgan fingerprint density at radius 2 is 1.58 bits per heavy atom. The Morgan fingerprint density at radius 3 is 1.92 bits per heavy atom. The monoisotopic (exact) mass is 168 g/mol. The quantitative estimate of drug-likeness (QED) is 0.628. The van der Waals surface area contributed by atoms with Crippen LogP contribution in [0.1, 0.15) is 47.5 Å². The van der Waals surface area contributed by atoms with Gasteiger partial charge in [-0.05, 0) is 34.1 Å². The molecule has 0 rings (SSSR count). The van der Waals surface area contributed by atoms with Crippen LogP contribution < -0.4 is 0 Å². The van der Waals surface area contributed by atoms with Crippen LogP contribution in [-0.2, 0) is 0 Å². The lowest BCUT2D eigenvalue weighted by atomic mass is 9.94. The summed E-state index contributed by atoms with van der Waals surface area (Å²) in [4.78, 5) is 0. The van der Waals surface area contributed by atoms with Gasteiger partial charge >= 0.3 is 0 Å². The van der Waals surface area contributed by atoms with Gasteiger partial charge in [-0.2, -0.15) is 0 Å². The van der Waals surface area contributed by atoms with E-state index in [9.17, 15) is 5.11 Å². The van der Waals surface area contributed by atoms with Crippen molar-refractivity contribution < 1.29 is 5.11 Å². The van der Waals surface area contributed by atoms with Gasteiger partial charge < -0.3 is 5.11 Å². The Balaban J connectivity index is 4.28. The van der Waals surface area contributed by atoms with Crippen LogP contribution in [0, 0.1) is 17.3 Å². The average molecular weight is 168 g/mol. The fourth-order valence-electron chi connectivity index (χ4n) is 0.871. The summed E-state index contributed by atoms with van der Waals surface area (Å²) in [7, 11) is 0. The fraction of sp³-hybridized carbons (Fsp3) is 0.818. The molecule has 1 heteroatoms. The average Bonchev–Trinajstić information content (AvgIpc) is 1.83. The van der Waals surface area contributed by atoms with Gasteiger partial charge in [-0.3, -0.25) is 0 Å². The molecule has 0 saturated carbocycles. The van der Waals surface area contributed by atoms with Crippen LogP contribution in [-0.4, -0.2) is 10.7 Å². The first kappa shape index (κ1) is 11.5. The molecule has 0 aliphatic carbocycles. The zero-order chi connectivity index (χ0) is 9.83. The number of aliphatic hydroxyl groups is 1. The molecule has 0 aromatic rings. The first-order valence-electron chi connectivity index (χ1n) is 4.53. The topological polar surface area (TPSA) is 20.2 Å². The van der Waals surface area contributed by atoms with Crippen LogP contribution in [0.15, 0.2) is 0 Å². The molecule has 1 N–H and O–H groups in total. The van der Waals surface area contributed by atoms with E-state index >= 15 is 0 Å². The van der Waals surface area contributed by atoms with Crippen molar-refractivity contribution in [1.82, 2.24) is 0 Å². The van der Waals surface area contributed by atoms with E-state index in [0.717, 1.165) is 12.8 Å². The van der Waals surface area contributed by atoms with E-state index < -0.39 is 5.60 Å². The van der Waals surface area contributed by atoms with Gasteiger partial charge in [-0.1, -0.05) is 25.2 Å². The lowest BCUT2D eigenvalue weighted by Crippen LogP contribution is -2.21. The molecule has 0 aromatic carbocycles. The molecule has 0 heterocycles. The number of hydrogen-bond donors (Lipinski definition) is 1. The highest BCUT2D eigenvalue weighted by Crippen LogP contribution is 2.14. The largest absolute Gasteiger partial charge is 0.378 e. The highest BCUT2D eigenvalue weighted by Gasteiger charge is 2.15. The number of hydrogen-bond acceptors (Lipinski definition) is 1. The minimum Gasteiger partial charge on any atom is -0.378 e. The highest BCUT2D eigenvalue weighted by atomic mass is 16.3. The van der Waals surface area contributed by atoms with Crippen molar-refractivity contribution >= 4 is 0 Å². The van der Waals surface area contributed by atoms with Gasteiger partial charge in [-0.25, -0.2) is 0 Å². The minimum atomic E-state index is -0.804. The smallest absolute Gasteiger partial charge is 0.122 e. The Bertz CT molecular complexity index is 185. The predicted octanol–water partition coefficient (Wildman–Crippen LogP) is 2.59. The maximum absolute atomic E-state index is 9.70. The lowest BCUT2D eigenvalue weighted by molar-refractivity contribution is 0.111. The second-order valence-corrected chi connectivity index (χ2v) is 4.52. The molecule has 0 aliphatic heterocycles. The summed E-state index contributed by atoms with van der Waals surface area (Å²) >= 11 is 0. The maximum Gasteiger partial charge on any atom is 0.122 e. The lowest BCUT2D eigenvalue weighted by Gasteiger charge is -2.16. The maximum atomic E-state index is 9.70. The molecule has 0 bridgehead atoms. The summed E-state index contributed by atoms with van der Waals surface area (Å²) in [6, 6.07) is 0. The fourth-order valence-corrected chi connectivity index (χ4v) is 0.871. The summed E-state index contributed by atoms with van der Waals surface area (Å²) in [6.07, 6.45) is 1.71. The molecule has 0 aliphatic rings. The van der Waals surface area contributed by atoms with E-state index in [0.29, 0.717) is 0 Å². The predicted molar refractivity (Wildman–Crippen MR) is 52.8 cm³/mol. The van der Waals surface area contributed by atoms with Crippen molar-refractivity contribution in [1.29, 1.82) is 0 Å². The van der Waals surface area contributed by atoms with Crippen LogP contribution in [0.25, 0.3) is 0 Å². The molecule has 1 unspecified atom stereocenters. The third kappa shape index (κ3) is 6.24. The van der Waals surface area contributed by atoms with Gasteiger partial charge in [-0.15, -0.1) is 0 Å². The van der Waals surface area contributed by atoms with Gasteiger partial charge in [0.1, 0.15) is 5.60 Å². The standard InChI is InChI=1S/C11H20O/c1-6-7-11(5,12)9-8-10(2,3)4/h12H,6-7H2,1-5H3. The van der Waals surface area contributed by atoms with Crippen molar-refractivity contribution in [2.24, 2.45) is 5.41 Å². The summed E-state index contributed by atoms with van der Waals surface area (Å²) in [5.41, 5.74) is -0.820. The molecular formula is C11H20O. The molecule has 0 aromatic heterocycles. The zero-order valence-corrected chi connectivity index (χ0v) is 8.86. The van der Waals surface area contributed by atoms with E-state index in [-0.39, 0.29) is 5.41 Å². The second-order valence-electron chi connectivity index (χ2n) is 4.52. The molecule has 1 atom stereocenters. The van der Waals surface area contributed by atoms with Crippen LogP contribution >= 0.6 is 0 Å². The summed E-state index contributed by atoms with van der Waals surface area (Å²) < 4.78 is 0. The normalized spacial score (nSPS) is 16.2. The van der Waals surface area contributed by atoms with Crippen LogP contribution in [0.2, 0.25) is 0 Å². The van der Waals surface area contributed by atoms with E-state index in [4.69, 9.17) is 0 Å². The van der Waals surface area contributed by atoms with Crippen molar-refractivity contribution in [2.75, 3.05) is 0 Å². The first-order valence-corrected chi connectivity index (χ1v) is 4.53. The van der Waals surface area contributed by atoms with Crippen molar-refractivity contribution in [3.8, 4) is 11.8 Å². The van der Waals surface area contributed by atoms with E-state index in [1.54, 1.807) is 6.92 Å². The molecule has 0 fully saturated rings. The first-order chi connectivity index (χ1) is 5.27. The van der Waals surface area contributed by atoms with Gasteiger partial charge in [0.15, 0.2) is 0 Å². The number of rotatable bonds is 2. The molecular weight excluding hydrogens is 148 g/mol. The molecule has 0 amide bonds. The van der Waals surface area contributed by atoms with Gasteiger partial charge in [0, 0.05) is 5.41 Å². The molecule has 0 spiro atoms. The Kier molecular flexibility index (Phi) is 3.80.